The smallest absolute Gasteiger partial charge is 0.109 e. The van der Waals surface area contributed by atoms with E-state index in [2.05, 4.69) is 17.2 Å². The highest BCUT2D eigenvalue weighted by molar-refractivity contribution is 5.12. The molecule has 0 aliphatic heterocycles. The van der Waals surface area contributed by atoms with Crippen LogP contribution in [-0.4, -0.2) is 17.0 Å². The lowest BCUT2D eigenvalue weighted by Gasteiger charge is -2.41. The maximum atomic E-state index is 4.70. The first-order valence-electron chi connectivity index (χ1n) is 7.51. The summed E-state index contributed by atoms with van der Waals surface area (Å²) in [5.74, 6) is 3.78. The van der Waals surface area contributed by atoms with Gasteiger partial charge in [-0.15, -0.1) is 0 Å². The van der Waals surface area contributed by atoms with E-state index in [4.69, 9.17) is 4.98 Å². The topological polar surface area (TPSA) is 40.7 Å². The lowest BCUT2D eigenvalue weighted by atomic mass is 9.64. The van der Waals surface area contributed by atoms with Gasteiger partial charge in [0.05, 0.1) is 5.69 Å². The zero-order chi connectivity index (χ0) is 12.5. The average Bonchev–Trinajstić information content (AvgIpc) is 2.71. The number of aromatic amines is 1. The van der Waals surface area contributed by atoms with Gasteiger partial charge in [-0.25, -0.2) is 4.98 Å². The van der Waals surface area contributed by atoms with Crippen molar-refractivity contribution in [3.8, 4) is 0 Å². The molecule has 0 spiro atoms. The molecule has 2 N–H and O–H groups in total. The molecule has 0 saturated heterocycles. The summed E-state index contributed by atoms with van der Waals surface area (Å²) in [6, 6.07) is 0.370. The van der Waals surface area contributed by atoms with Crippen LogP contribution in [0.2, 0.25) is 0 Å². The van der Waals surface area contributed by atoms with Gasteiger partial charge in [-0.2, -0.15) is 0 Å². The van der Waals surface area contributed by atoms with E-state index in [0.29, 0.717) is 12.0 Å². The summed E-state index contributed by atoms with van der Waals surface area (Å²) in [7, 11) is 2.00. The first kappa shape index (κ1) is 12.2. The molecule has 2 saturated carbocycles. The van der Waals surface area contributed by atoms with Gasteiger partial charge in [0.2, 0.25) is 0 Å². The molecule has 3 nitrogen and oxygen atoms in total. The van der Waals surface area contributed by atoms with E-state index in [1.807, 2.05) is 13.2 Å². The average molecular weight is 247 g/mol. The van der Waals surface area contributed by atoms with Crippen LogP contribution in [0.3, 0.4) is 0 Å². The number of H-pyrrole nitrogens is 1. The van der Waals surface area contributed by atoms with Crippen LogP contribution < -0.4 is 5.32 Å². The molecule has 1 aromatic rings. The van der Waals surface area contributed by atoms with Gasteiger partial charge in [-0.1, -0.05) is 12.8 Å². The fraction of sp³-hybridized carbons (Fsp3) is 0.800. The largest absolute Gasteiger partial charge is 0.344 e. The standard InChI is InChI=1S/C15H25N3/c1-10(16-2)13-9-17-15(18-13)14(11-5-3-6-11)12-7-4-8-12/h9-12,14,16H,3-8H2,1-2H3,(H,17,18). The first-order valence-corrected chi connectivity index (χ1v) is 7.51. The van der Waals surface area contributed by atoms with Crippen molar-refractivity contribution in [2.45, 2.75) is 57.4 Å². The normalized spacial score (nSPS) is 22.8. The van der Waals surface area contributed by atoms with Gasteiger partial charge in [0.15, 0.2) is 0 Å². The predicted molar refractivity (Wildman–Crippen MR) is 73.5 cm³/mol. The third-order valence-corrected chi connectivity index (χ3v) is 5.15. The van der Waals surface area contributed by atoms with Crippen LogP contribution in [0.25, 0.3) is 0 Å². The molecule has 2 aliphatic carbocycles. The number of nitrogens with zero attached hydrogens (tertiary/aromatic N) is 1. The van der Waals surface area contributed by atoms with Crippen molar-refractivity contribution in [1.29, 1.82) is 0 Å². The minimum Gasteiger partial charge on any atom is -0.344 e. The van der Waals surface area contributed by atoms with Crippen LogP contribution in [0, 0.1) is 11.8 Å². The molecule has 1 atom stereocenters. The minimum atomic E-state index is 0.370. The fourth-order valence-corrected chi connectivity index (χ4v) is 3.33. The zero-order valence-electron chi connectivity index (χ0n) is 11.6. The van der Waals surface area contributed by atoms with Gasteiger partial charge in [0.25, 0.3) is 0 Å². The number of aromatic nitrogens is 2. The summed E-state index contributed by atoms with van der Waals surface area (Å²) in [4.78, 5) is 8.28. The van der Waals surface area contributed by atoms with Gasteiger partial charge in [0.1, 0.15) is 5.82 Å². The summed E-state index contributed by atoms with van der Waals surface area (Å²) >= 11 is 0. The molecule has 0 bridgehead atoms. The molecule has 0 aromatic carbocycles. The van der Waals surface area contributed by atoms with E-state index >= 15 is 0 Å². The molecule has 2 aliphatic rings. The Labute approximate surface area is 110 Å². The Balaban J connectivity index is 1.78. The number of hydrogen-bond donors (Lipinski definition) is 2. The van der Waals surface area contributed by atoms with Crippen LogP contribution in [0.4, 0.5) is 0 Å². The van der Waals surface area contributed by atoms with E-state index in [-0.39, 0.29) is 0 Å². The van der Waals surface area contributed by atoms with Crippen molar-refractivity contribution in [3.05, 3.63) is 17.7 Å². The molecule has 1 aromatic heterocycles. The SMILES string of the molecule is CNC(C)c1cnc(C(C2CCC2)C2CCC2)[nH]1. The molecule has 100 valence electrons. The number of imidazole rings is 1. The van der Waals surface area contributed by atoms with Crippen molar-refractivity contribution in [2.24, 2.45) is 11.8 Å². The fourth-order valence-electron chi connectivity index (χ4n) is 3.33. The number of nitrogens with one attached hydrogen (secondary N) is 2. The highest BCUT2D eigenvalue weighted by Crippen LogP contribution is 2.49. The highest BCUT2D eigenvalue weighted by Gasteiger charge is 2.38. The van der Waals surface area contributed by atoms with Gasteiger partial charge in [-0.3, -0.25) is 0 Å². The maximum absolute atomic E-state index is 4.70. The number of hydrogen-bond acceptors (Lipinski definition) is 2. The lowest BCUT2D eigenvalue weighted by Crippen LogP contribution is -2.31. The van der Waals surface area contributed by atoms with Crippen LogP contribution in [-0.2, 0) is 0 Å². The summed E-state index contributed by atoms with van der Waals surface area (Å²) in [5, 5.41) is 3.28. The van der Waals surface area contributed by atoms with Crippen LogP contribution in [0.5, 0.6) is 0 Å². The third-order valence-electron chi connectivity index (χ3n) is 5.15. The first-order chi connectivity index (χ1) is 8.79. The summed E-state index contributed by atoms with van der Waals surface area (Å²) in [5.41, 5.74) is 1.23. The molecule has 3 rings (SSSR count). The molecule has 0 radical (unpaired) electrons. The van der Waals surface area contributed by atoms with Gasteiger partial charge in [-0.05, 0) is 51.5 Å². The second-order valence-electron chi connectivity index (χ2n) is 6.14. The van der Waals surface area contributed by atoms with Crippen LogP contribution >= 0.6 is 0 Å². The van der Waals surface area contributed by atoms with Crippen molar-refractivity contribution in [1.82, 2.24) is 15.3 Å². The summed E-state index contributed by atoms with van der Waals surface area (Å²) in [6.07, 6.45) is 10.5. The van der Waals surface area contributed by atoms with Crippen LogP contribution in [0.15, 0.2) is 6.20 Å². The molecule has 1 unspecified atom stereocenters. The predicted octanol–water partition coefficient (Wildman–Crippen LogP) is 3.37. The molecular weight excluding hydrogens is 222 g/mol. The highest BCUT2D eigenvalue weighted by atomic mass is 15.0. The Morgan fingerprint density at radius 1 is 1.22 bits per heavy atom. The molecule has 0 amide bonds. The summed E-state index contributed by atoms with van der Waals surface area (Å²) < 4.78 is 0. The van der Waals surface area contributed by atoms with Gasteiger partial charge in [0, 0.05) is 18.2 Å². The van der Waals surface area contributed by atoms with Crippen molar-refractivity contribution >= 4 is 0 Å². The molecule has 1 heterocycles. The minimum absolute atomic E-state index is 0.370. The molecular formula is C15H25N3. The van der Waals surface area contributed by atoms with E-state index < -0.39 is 0 Å². The number of rotatable bonds is 5. The van der Waals surface area contributed by atoms with E-state index in [1.165, 1.54) is 50.0 Å². The van der Waals surface area contributed by atoms with Crippen molar-refractivity contribution < 1.29 is 0 Å². The quantitative estimate of drug-likeness (QED) is 0.837. The molecule has 2 fully saturated rings. The molecule has 18 heavy (non-hydrogen) atoms. The van der Waals surface area contributed by atoms with Crippen molar-refractivity contribution in [3.63, 3.8) is 0 Å². The van der Waals surface area contributed by atoms with Gasteiger partial charge >= 0.3 is 0 Å². The maximum Gasteiger partial charge on any atom is 0.109 e. The Morgan fingerprint density at radius 3 is 2.28 bits per heavy atom. The Bertz CT molecular complexity index is 376. The van der Waals surface area contributed by atoms with E-state index in [0.717, 1.165) is 11.8 Å². The van der Waals surface area contributed by atoms with Gasteiger partial charge < -0.3 is 10.3 Å². The lowest BCUT2D eigenvalue weighted by molar-refractivity contribution is 0.144. The Hall–Kier alpha value is -0.830. The van der Waals surface area contributed by atoms with Crippen molar-refractivity contribution in [2.75, 3.05) is 7.05 Å². The second-order valence-corrected chi connectivity index (χ2v) is 6.14. The van der Waals surface area contributed by atoms with E-state index in [9.17, 15) is 0 Å². The monoisotopic (exact) mass is 247 g/mol. The van der Waals surface area contributed by atoms with E-state index in [1.54, 1.807) is 0 Å². The summed E-state index contributed by atoms with van der Waals surface area (Å²) in [6.45, 7) is 2.18. The third kappa shape index (κ3) is 2.09. The Morgan fingerprint density at radius 2 is 1.83 bits per heavy atom. The van der Waals surface area contributed by atoms with Crippen LogP contribution in [0.1, 0.15) is 68.9 Å². The second kappa shape index (κ2) is 5.04. The Kier molecular flexibility index (Phi) is 3.42. The zero-order valence-corrected chi connectivity index (χ0v) is 11.6. The molecule has 3 heteroatoms.